The van der Waals surface area contributed by atoms with Gasteiger partial charge in [0.15, 0.2) is 0 Å². The van der Waals surface area contributed by atoms with Gasteiger partial charge in [-0.15, -0.1) is 24.8 Å². The molecule has 8 heteroatoms. The molecule has 0 bridgehead atoms. The van der Waals surface area contributed by atoms with Crippen molar-refractivity contribution in [2.45, 2.75) is 6.04 Å². The Kier molecular flexibility index (Phi) is 6.44. The largest absolute Gasteiger partial charge is 0.331 e. The lowest BCUT2D eigenvalue weighted by atomic mass is 9.89. The molecule has 2 saturated heterocycles. The number of carbonyl (C=O) groups is 1. The minimum atomic E-state index is -0.393. The molecule has 4 rings (SSSR count). The third-order valence-electron chi connectivity index (χ3n) is 5.06. The molecule has 1 aromatic carbocycles. The normalized spacial score (nSPS) is 23.7. The molecule has 2 aliphatic rings. The van der Waals surface area contributed by atoms with Gasteiger partial charge in [-0.3, -0.25) is 9.59 Å². The summed E-state index contributed by atoms with van der Waals surface area (Å²) in [6.07, 6.45) is 1.51. The van der Waals surface area contributed by atoms with Crippen LogP contribution >= 0.6 is 24.8 Å². The van der Waals surface area contributed by atoms with E-state index in [1.165, 1.54) is 24.4 Å². The maximum absolute atomic E-state index is 13.7. The molecule has 3 heterocycles. The summed E-state index contributed by atoms with van der Waals surface area (Å²) in [7, 11) is 0. The Balaban J connectivity index is 0.00000121. The number of amides is 1. The van der Waals surface area contributed by atoms with Gasteiger partial charge >= 0.3 is 0 Å². The first-order valence-corrected chi connectivity index (χ1v) is 8.10. The summed E-state index contributed by atoms with van der Waals surface area (Å²) >= 11 is 0. The molecule has 3 atom stereocenters. The first-order chi connectivity index (χ1) is 11.6. The van der Waals surface area contributed by atoms with Crippen LogP contribution in [0.3, 0.4) is 0 Å². The number of benzene rings is 1. The average molecular weight is 400 g/mol. The number of nitrogens with one attached hydrogen (secondary N) is 2. The van der Waals surface area contributed by atoms with Gasteiger partial charge in [-0.25, -0.2) is 4.39 Å². The number of H-pyrrole nitrogens is 1. The van der Waals surface area contributed by atoms with Crippen molar-refractivity contribution >= 4 is 30.7 Å². The number of fused-ring (bicyclic) bond motifs is 1. The highest BCUT2D eigenvalue weighted by molar-refractivity contribution is 5.94. The maximum Gasteiger partial charge on any atom is 0.260 e. The number of pyridine rings is 1. The Morgan fingerprint density at radius 3 is 2.69 bits per heavy atom. The topological polar surface area (TPSA) is 65.2 Å². The second kappa shape index (κ2) is 8.20. The third-order valence-corrected chi connectivity index (χ3v) is 5.06. The monoisotopic (exact) mass is 399 g/mol. The molecule has 1 aromatic heterocycles. The van der Waals surface area contributed by atoms with Gasteiger partial charge in [0.05, 0.1) is 6.04 Å². The number of hydrogen-bond acceptors (Lipinski definition) is 3. The predicted octanol–water partition coefficient (Wildman–Crippen LogP) is 2.39. The Labute approximate surface area is 162 Å². The highest BCUT2D eigenvalue weighted by atomic mass is 35.5. The van der Waals surface area contributed by atoms with Crippen molar-refractivity contribution in [1.82, 2.24) is 15.2 Å². The summed E-state index contributed by atoms with van der Waals surface area (Å²) in [5.41, 5.74) is 0.523. The van der Waals surface area contributed by atoms with E-state index in [9.17, 15) is 14.0 Å². The van der Waals surface area contributed by atoms with E-state index in [0.29, 0.717) is 12.5 Å². The zero-order valence-electron chi connectivity index (χ0n) is 13.9. The number of carbonyl (C=O) groups excluding carboxylic acids is 1. The van der Waals surface area contributed by atoms with Crippen molar-refractivity contribution < 1.29 is 9.18 Å². The highest BCUT2D eigenvalue weighted by Gasteiger charge is 2.47. The molecule has 0 spiro atoms. The van der Waals surface area contributed by atoms with Gasteiger partial charge in [0.2, 0.25) is 0 Å². The molecule has 2 aromatic rings. The summed E-state index contributed by atoms with van der Waals surface area (Å²) in [6.45, 7) is 2.21. The smallest absolute Gasteiger partial charge is 0.260 e. The van der Waals surface area contributed by atoms with Crippen molar-refractivity contribution in [3.8, 4) is 0 Å². The summed E-state index contributed by atoms with van der Waals surface area (Å²) < 4.78 is 13.7. The van der Waals surface area contributed by atoms with Crippen molar-refractivity contribution in [3.63, 3.8) is 0 Å². The molecule has 5 nitrogen and oxygen atoms in total. The second-order valence-electron chi connectivity index (χ2n) is 6.45. The SMILES string of the molecule is Cl.Cl.O=C(c1ccc[nH]c1=O)N1C[C@@H]2CNC[C@@H]2[C@H]1c1cccc(F)c1. The van der Waals surface area contributed by atoms with E-state index >= 15 is 0 Å². The van der Waals surface area contributed by atoms with Crippen LogP contribution in [0.1, 0.15) is 22.0 Å². The predicted molar refractivity (Wildman–Crippen MR) is 102 cm³/mol. The quantitative estimate of drug-likeness (QED) is 0.814. The van der Waals surface area contributed by atoms with Crippen LogP contribution in [0.15, 0.2) is 47.4 Å². The molecule has 2 fully saturated rings. The first kappa shape index (κ1) is 20.4. The number of halogens is 3. The number of nitrogens with zero attached hydrogens (tertiary/aromatic N) is 1. The van der Waals surface area contributed by atoms with Crippen LogP contribution in [0, 0.1) is 17.7 Å². The first-order valence-electron chi connectivity index (χ1n) is 8.10. The number of rotatable bonds is 2. The van der Waals surface area contributed by atoms with Crippen LogP contribution in [0.4, 0.5) is 4.39 Å². The minimum absolute atomic E-state index is 0. The van der Waals surface area contributed by atoms with E-state index in [0.717, 1.165) is 18.7 Å². The summed E-state index contributed by atoms with van der Waals surface area (Å²) in [4.78, 5) is 29.2. The van der Waals surface area contributed by atoms with Crippen molar-refractivity contribution in [1.29, 1.82) is 0 Å². The van der Waals surface area contributed by atoms with Gasteiger partial charge < -0.3 is 15.2 Å². The fraction of sp³-hybridized carbons (Fsp3) is 0.333. The van der Waals surface area contributed by atoms with Crippen LogP contribution in [0.2, 0.25) is 0 Å². The number of aromatic amines is 1. The molecule has 0 unspecified atom stereocenters. The van der Waals surface area contributed by atoms with Gasteiger partial charge in [0.25, 0.3) is 11.5 Å². The minimum Gasteiger partial charge on any atom is -0.331 e. The Bertz CT molecular complexity index is 845. The van der Waals surface area contributed by atoms with E-state index < -0.39 is 5.56 Å². The zero-order chi connectivity index (χ0) is 16.7. The van der Waals surface area contributed by atoms with Crippen molar-refractivity contribution in [2.24, 2.45) is 11.8 Å². The highest BCUT2D eigenvalue weighted by Crippen LogP contribution is 2.43. The lowest BCUT2D eigenvalue weighted by Crippen LogP contribution is -2.37. The molecule has 1 amide bonds. The zero-order valence-corrected chi connectivity index (χ0v) is 15.5. The molecule has 0 radical (unpaired) electrons. The van der Waals surface area contributed by atoms with Gasteiger partial charge in [-0.2, -0.15) is 0 Å². The Morgan fingerprint density at radius 1 is 1.15 bits per heavy atom. The fourth-order valence-corrected chi connectivity index (χ4v) is 3.99. The van der Waals surface area contributed by atoms with Crippen LogP contribution < -0.4 is 10.9 Å². The van der Waals surface area contributed by atoms with Gasteiger partial charge in [-0.1, -0.05) is 12.1 Å². The standard InChI is InChI=1S/C18H18FN3O2.2ClH/c19-13-4-1-3-11(7-13)16-15-9-20-8-12(15)10-22(16)18(24)14-5-2-6-21-17(14)23;;/h1-7,12,15-16,20H,8-10H2,(H,21,23);2*1H/t12-,15-,16+;;/m0../s1. The van der Waals surface area contributed by atoms with Gasteiger partial charge in [0.1, 0.15) is 11.4 Å². The van der Waals surface area contributed by atoms with Crippen LogP contribution in [0.5, 0.6) is 0 Å². The van der Waals surface area contributed by atoms with Crippen molar-refractivity contribution in [2.75, 3.05) is 19.6 Å². The lowest BCUT2D eigenvalue weighted by Gasteiger charge is -2.28. The Morgan fingerprint density at radius 2 is 1.96 bits per heavy atom. The number of hydrogen-bond donors (Lipinski definition) is 2. The van der Waals surface area contributed by atoms with Gasteiger partial charge in [-0.05, 0) is 35.7 Å². The molecule has 26 heavy (non-hydrogen) atoms. The Hall–Kier alpha value is -1.89. The molecule has 0 saturated carbocycles. The fourth-order valence-electron chi connectivity index (χ4n) is 3.99. The number of likely N-dealkylation sites (tertiary alicyclic amines) is 1. The van der Waals surface area contributed by atoms with E-state index in [1.54, 1.807) is 17.0 Å². The van der Waals surface area contributed by atoms with Crippen molar-refractivity contribution in [3.05, 3.63) is 69.9 Å². The number of aromatic nitrogens is 1. The molecule has 2 aliphatic heterocycles. The molecular formula is C18H20Cl2FN3O2. The maximum atomic E-state index is 13.7. The van der Waals surface area contributed by atoms with E-state index in [1.807, 2.05) is 6.07 Å². The molecule has 0 aliphatic carbocycles. The van der Waals surface area contributed by atoms with E-state index in [4.69, 9.17) is 0 Å². The van der Waals surface area contributed by atoms with E-state index in [-0.39, 0.29) is 54.1 Å². The van der Waals surface area contributed by atoms with Crippen LogP contribution in [-0.4, -0.2) is 35.4 Å². The lowest BCUT2D eigenvalue weighted by molar-refractivity contribution is 0.0712. The third kappa shape index (κ3) is 3.49. The molecule has 2 N–H and O–H groups in total. The van der Waals surface area contributed by atoms with Gasteiger partial charge in [0, 0.05) is 31.7 Å². The summed E-state index contributed by atoms with van der Waals surface area (Å²) in [5.74, 6) is -0.0454. The molecule has 140 valence electrons. The summed E-state index contributed by atoms with van der Waals surface area (Å²) in [6, 6.07) is 9.37. The second-order valence-corrected chi connectivity index (χ2v) is 6.45. The average Bonchev–Trinajstić information content (AvgIpc) is 3.15. The summed E-state index contributed by atoms with van der Waals surface area (Å²) in [5, 5.41) is 3.35. The van der Waals surface area contributed by atoms with E-state index in [2.05, 4.69) is 10.3 Å². The van der Waals surface area contributed by atoms with Crippen LogP contribution in [-0.2, 0) is 0 Å². The van der Waals surface area contributed by atoms with Crippen LogP contribution in [0.25, 0.3) is 0 Å². The molecular weight excluding hydrogens is 380 g/mol.